The van der Waals surface area contributed by atoms with Gasteiger partial charge in [0.2, 0.25) is 0 Å². The molecule has 0 spiro atoms. The molecule has 4 rings (SSSR count). The van der Waals surface area contributed by atoms with Crippen molar-refractivity contribution in [1.29, 1.82) is 0 Å². The third-order valence-electron chi connectivity index (χ3n) is 4.41. The zero-order valence-electron chi connectivity index (χ0n) is 13.9. The van der Waals surface area contributed by atoms with E-state index < -0.39 is 0 Å². The van der Waals surface area contributed by atoms with Gasteiger partial charge in [-0.2, -0.15) is 0 Å². The van der Waals surface area contributed by atoms with Gasteiger partial charge in [0.1, 0.15) is 17.8 Å². The van der Waals surface area contributed by atoms with Crippen LogP contribution in [0.25, 0.3) is 43.6 Å². The Bertz CT molecular complexity index is 1100. The number of aromatic amines is 1. The minimum atomic E-state index is 0.233. The van der Waals surface area contributed by atoms with Crippen LogP contribution < -0.4 is 5.32 Å². The molecular formula is C17H16N8. The number of fused-ring (bicyclic) bond motifs is 2. The van der Waals surface area contributed by atoms with E-state index in [1.165, 1.54) is 6.33 Å². The molecule has 0 saturated carbocycles. The molecule has 3 aromatic heterocycles. The molecule has 4 aromatic rings. The van der Waals surface area contributed by atoms with E-state index in [0.29, 0.717) is 0 Å². The summed E-state index contributed by atoms with van der Waals surface area (Å²) in [5.41, 5.74) is 13.4. The van der Waals surface area contributed by atoms with Gasteiger partial charge in [0.15, 0.2) is 0 Å². The Morgan fingerprint density at radius 3 is 2.92 bits per heavy atom. The SMILES string of the molecule is CNc1ncnc2c1c(-c1cc3ccccc3[nH]1)c(CN=[N+]=[N-])n2C. The fourth-order valence-corrected chi connectivity index (χ4v) is 3.27. The van der Waals surface area contributed by atoms with E-state index in [9.17, 15) is 0 Å². The van der Waals surface area contributed by atoms with Gasteiger partial charge in [-0.05, 0) is 17.7 Å². The number of benzene rings is 1. The van der Waals surface area contributed by atoms with Crippen LogP contribution in [-0.4, -0.2) is 26.6 Å². The summed E-state index contributed by atoms with van der Waals surface area (Å²) in [5, 5.41) is 8.92. The van der Waals surface area contributed by atoms with Gasteiger partial charge in [-0.15, -0.1) is 0 Å². The lowest BCUT2D eigenvalue weighted by atomic mass is 10.1. The van der Waals surface area contributed by atoms with Crippen molar-refractivity contribution >= 4 is 27.8 Å². The summed E-state index contributed by atoms with van der Waals surface area (Å²) in [6.07, 6.45) is 1.53. The molecule has 8 heteroatoms. The Morgan fingerprint density at radius 2 is 2.16 bits per heavy atom. The van der Waals surface area contributed by atoms with Crippen molar-refractivity contribution in [3.05, 3.63) is 52.8 Å². The van der Waals surface area contributed by atoms with E-state index >= 15 is 0 Å². The van der Waals surface area contributed by atoms with Crippen LogP contribution in [0.3, 0.4) is 0 Å². The molecule has 25 heavy (non-hydrogen) atoms. The lowest BCUT2D eigenvalue weighted by Gasteiger charge is -2.04. The molecule has 0 unspecified atom stereocenters. The van der Waals surface area contributed by atoms with Gasteiger partial charge in [-0.25, -0.2) is 9.97 Å². The molecule has 0 aliphatic carbocycles. The molecule has 2 N–H and O–H groups in total. The maximum atomic E-state index is 8.77. The Balaban J connectivity index is 2.10. The molecule has 0 amide bonds. The van der Waals surface area contributed by atoms with Crippen molar-refractivity contribution in [2.24, 2.45) is 12.2 Å². The summed E-state index contributed by atoms with van der Waals surface area (Å²) >= 11 is 0. The molecule has 1 aromatic carbocycles. The first kappa shape index (κ1) is 15.0. The van der Waals surface area contributed by atoms with E-state index in [4.69, 9.17) is 5.53 Å². The van der Waals surface area contributed by atoms with Crippen molar-refractivity contribution in [1.82, 2.24) is 19.5 Å². The van der Waals surface area contributed by atoms with Crippen molar-refractivity contribution < 1.29 is 0 Å². The molecule has 8 nitrogen and oxygen atoms in total. The number of rotatable bonds is 4. The largest absolute Gasteiger partial charge is 0.372 e. The third-order valence-corrected chi connectivity index (χ3v) is 4.41. The smallest absolute Gasteiger partial charge is 0.146 e. The fraction of sp³-hybridized carbons (Fsp3) is 0.176. The van der Waals surface area contributed by atoms with Gasteiger partial charge >= 0.3 is 0 Å². The number of anilines is 1. The van der Waals surface area contributed by atoms with E-state index in [2.05, 4.69) is 42.4 Å². The van der Waals surface area contributed by atoms with Crippen LogP contribution >= 0.6 is 0 Å². The second kappa shape index (κ2) is 5.85. The van der Waals surface area contributed by atoms with E-state index in [0.717, 1.165) is 44.7 Å². The Hall–Kier alpha value is -3.51. The quantitative estimate of drug-likeness (QED) is 0.335. The van der Waals surface area contributed by atoms with Gasteiger partial charge in [0.25, 0.3) is 0 Å². The third kappa shape index (κ3) is 2.28. The monoisotopic (exact) mass is 332 g/mol. The summed E-state index contributed by atoms with van der Waals surface area (Å²) in [7, 11) is 3.75. The first-order chi connectivity index (χ1) is 12.2. The zero-order valence-corrected chi connectivity index (χ0v) is 13.9. The van der Waals surface area contributed by atoms with Gasteiger partial charge in [0, 0.05) is 46.9 Å². The number of azide groups is 1. The highest BCUT2D eigenvalue weighted by Gasteiger charge is 2.21. The van der Waals surface area contributed by atoms with Crippen molar-refractivity contribution in [3.8, 4) is 11.3 Å². The van der Waals surface area contributed by atoms with Gasteiger partial charge in [-0.3, -0.25) is 0 Å². The molecule has 0 atom stereocenters. The van der Waals surface area contributed by atoms with Crippen LogP contribution in [0.2, 0.25) is 0 Å². The number of hydrogen-bond acceptors (Lipinski definition) is 4. The van der Waals surface area contributed by atoms with Crippen molar-refractivity contribution in [3.63, 3.8) is 0 Å². The van der Waals surface area contributed by atoms with Crippen LogP contribution in [0.4, 0.5) is 5.82 Å². The molecule has 0 bridgehead atoms. The average Bonchev–Trinajstić information content (AvgIpc) is 3.18. The van der Waals surface area contributed by atoms with Crippen LogP contribution in [0.1, 0.15) is 5.69 Å². The summed E-state index contributed by atoms with van der Waals surface area (Å²) in [6, 6.07) is 10.2. The van der Waals surface area contributed by atoms with E-state index in [1.54, 1.807) is 0 Å². The van der Waals surface area contributed by atoms with Crippen molar-refractivity contribution in [2.75, 3.05) is 12.4 Å². The number of nitrogens with one attached hydrogen (secondary N) is 2. The van der Waals surface area contributed by atoms with E-state index in [1.807, 2.05) is 36.9 Å². The standard InChI is InChI=1S/C17H16N8/c1-19-16-15-14(12-7-10-5-3-4-6-11(10)23-12)13(8-22-24-18)25(2)17(15)21-9-20-16/h3-7,9,23H,8H2,1-2H3,(H,19,20,21). The molecule has 0 aliphatic rings. The van der Waals surface area contributed by atoms with Crippen LogP contribution in [0.15, 0.2) is 41.8 Å². The predicted molar refractivity (Wildman–Crippen MR) is 98.2 cm³/mol. The molecule has 124 valence electrons. The molecule has 0 saturated heterocycles. The van der Waals surface area contributed by atoms with Crippen LogP contribution in [0, 0.1) is 0 Å². The lowest BCUT2D eigenvalue weighted by Crippen LogP contribution is -1.97. The zero-order chi connectivity index (χ0) is 17.4. The summed E-state index contributed by atoms with van der Waals surface area (Å²) in [6.45, 7) is 0.233. The normalized spacial score (nSPS) is 11.0. The highest BCUT2D eigenvalue weighted by Crippen LogP contribution is 2.38. The van der Waals surface area contributed by atoms with Crippen LogP contribution in [-0.2, 0) is 13.6 Å². The molecular weight excluding hydrogens is 316 g/mol. The van der Waals surface area contributed by atoms with E-state index in [-0.39, 0.29) is 6.54 Å². The minimum Gasteiger partial charge on any atom is -0.372 e. The average molecular weight is 332 g/mol. The number of nitrogens with zero attached hydrogens (tertiary/aromatic N) is 6. The van der Waals surface area contributed by atoms with Crippen LogP contribution in [0.5, 0.6) is 0 Å². The highest BCUT2D eigenvalue weighted by molar-refractivity contribution is 6.04. The summed E-state index contributed by atoms with van der Waals surface area (Å²) in [5.74, 6) is 0.737. The summed E-state index contributed by atoms with van der Waals surface area (Å²) in [4.78, 5) is 15.1. The van der Waals surface area contributed by atoms with Crippen molar-refractivity contribution in [2.45, 2.75) is 6.54 Å². The van der Waals surface area contributed by atoms with Gasteiger partial charge in [0.05, 0.1) is 11.9 Å². The Labute approximate surface area is 143 Å². The number of aromatic nitrogens is 4. The minimum absolute atomic E-state index is 0.233. The predicted octanol–water partition coefficient (Wildman–Crippen LogP) is 3.97. The second-order valence-electron chi connectivity index (χ2n) is 5.71. The first-order valence-electron chi connectivity index (χ1n) is 7.83. The number of para-hydroxylation sites is 1. The Kier molecular flexibility index (Phi) is 3.52. The molecule has 0 radical (unpaired) electrons. The molecule has 3 heterocycles. The fourth-order valence-electron chi connectivity index (χ4n) is 3.27. The topological polar surface area (TPSA) is 107 Å². The number of aryl methyl sites for hydroxylation is 1. The Morgan fingerprint density at radius 1 is 1.32 bits per heavy atom. The van der Waals surface area contributed by atoms with Gasteiger partial charge < -0.3 is 14.9 Å². The summed E-state index contributed by atoms with van der Waals surface area (Å²) < 4.78 is 1.95. The number of H-pyrrole nitrogens is 1. The molecule has 0 fully saturated rings. The molecule has 0 aliphatic heterocycles. The lowest BCUT2D eigenvalue weighted by molar-refractivity contribution is 0.835. The highest BCUT2D eigenvalue weighted by atomic mass is 15.2. The second-order valence-corrected chi connectivity index (χ2v) is 5.71. The number of hydrogen-bond donors (Lipinski definition) is 2. The maximum Gasteiger partial charge on any atom is 0.146 e. The maximum absolute atomic E-state index is 8.77. The first-order valence-corrected chi connectivity index (χ1v) is 7.83. The van der Waals surface area contributed by atoms with Gasteiger partial charge in [-0.1, -0.05) is 23.3 Å².